The summed E-state index contributed by atoms with van der Waals surface area (Å²) in [5.74, 6) is 3.28. The van der Waals surface area contributed by atoms with E-state index in [1.54, 1.807) is 18.2 Å². The van der Waals surface area contributed by atoms with Crippen LogP contribution in [0.4, 0.5) is 0 Å². The van der Waals surface area contributed by atoms with Crippen molar-refractivity contribution in [2.24, 2.45) is 0 Å². The number of hydrogen-bond acceptors (Lipinski definition) is 9. The lowest BCUT2D eigenvalue weighted by Gasteiger charge is -2.21. The molecule has 9 nitrogen and oxygen atoms in total. The molecule has 0 amide bonds. The molecule has 0 heterocycles. The third-order valence-corrected chi connectivity index (χ3v) is 8.58. The molecule has 9 heteroatoms. The Kier molecular flexibility index (Phi) is 21.8. The van der Waals surface area contributed by atoms with Crippen molar-refractivity contribution < 1.29 is 43.7 Å². The molecule has 3 aromatic carbocycles. The summed E-state index contributed by atoms with van der Waals surface area (Å²) in [4.78, 5) is 0. The summed E-state index contributed by atoms with van der Waals surface area (Å²) >= 11 is 0. The Balaban J connectivity index is 0.000000399. The van der Waals surface area contributed by atoms with E-state index in [2.05, 4.69) is 47.6 Å². The van der Waals surface area contributed by atoms with Gasteiger partial charge in [0.15, 0.2) is 53.4 Å². The van der Waals surface area contributed by atoms with Gasteiger partial charge in [0, 0.05) is 19.8 Å². The van der Waals surface area contributed by atoms with Gasteiger partial charge in [-0.1, -0.05) is 59.7 Å². The zero-order valence-electron chi connectivity index (χ0n) is 33.2. The van der Waals surface area contributed by atoms with Gasteiger partial charge < -0.3 is 43.7 Å². The van der Waals surface area contributed by atoms with E-state index in [0.717, 1.165) is 30.4 Å². The molecular formula is C42H66O9. The van der Waals surface area contributed by atoms with Crippen LogP contribution in [-0.4, -0.2) is 54.0 Å². The molecule has 3 rings (SSSR count). The van der Waals surface area contributed by atoms with Crippen molar-refractivity contribution in [3.8, 4) is 34.5 Å². The first-order chi connectivity index (χ1) is 24.2. The molecule has 0 aliphatic rings. The van der Waals surface area contributed by atoms with E-state index >= 15 is 0 Å². The highest BCUT2D eigenvalue weighted by molar-refractivity contribution is 5.45. The molecule has 0 aromatic heterocycles. The number of aromatic hydroxyl groups is 3. The third-order valence-electron chi connectivity index (χ3n) is 8.58. The highest BCUT2D eigenvalue weighted by atomic mass is 16.7. The molecule has 0 aliphatic heterocycles. The van der Waals surface area contributed by atoms with Crippen LogP contribution in [0.3, 0.4) is 0 Å². The van der Waals surface area contributed by atoms with Crippen molar-refractivity contribution in [2.45, 2.75) is 139 Å². The first-order valence-corrected chi connectivity index (χ1v) is 18.6. The van der Waals surface area contributed by atoms with Crippen LogP contribution in [0.5, 0.6) is 34.5 Å². The molecule has 0 bridgehead atoms. The number of hydrogen-bond donors (Lipinski definition) is 3. The topological polar surface area (TPSA) is 116 Å². The maximum atomic E-state index is 9.87. The molecule has 0 saturated heterocycles. The minimum absolute atomic E-state index is 0.0344. The molecule has 0 fully saturated rings. The number of benzene rings is 3. The smallest absolute Gasteiger partial charge is 0.197 e. The maximum Gasteiger partial charge on any atom is 0.197 e. The molecule has 3 N–H and O–H groups in total. The van der Waals surface area contributed by atoms with Crippen LogP contribution >= 0.6 is 0 Å². The molecule has 0 aliphatic carbocycles. The van der Waals surface area contributed by atoms with Gasteiger partial charge in [0.2, 0.25) is 0 Å². The predicted octanol–water partition coefficient (Wildman–Crippen LogP) is 11.0. The average molecular weight is 715 g/mol. The van der Waals surface area contributed by atoms with Gasteiger partial charge in [0.25, 0.3) is 0 Å². The van der Waals surface area contributed by atoms with Crippen LogP contribution in [-0.2, 0) is 14.2 Å². The second-order valence-electron chi connectivity index (χ2n) is 12.5. The van der Waals surface area contributed by atoms with Crippen molar-refractivity contribution in [1.29, 1.82) is 0 Å². The molecule has 288 valence electrons. The van der Waals surface area contributed by atoms with E-state index in [9.17, 15) is 10.2 Å². The quantitative estimate of drug-likeness (QED) is 0.0874. The molecule has 51 heavy (non-hydrogen) atoms. The van der Waals surface area contributed by atoms with Gasteiger partial charge in [-0.2, -0.15) is 0 Å². The first kappa shape index (κ1) is 45.4. The van der Waals surface area contributed by atoms with E-state index in [1.165, 1.54) is 11.6 Å². The highest BCUT2D eigenvalue weighted by Crippen LogP contribution is 2.34. The Labute approximate surface area is 307 Å². The Bertz CT molecular complexity index is 1380. The monoisotopic (exact) mass is 714 g/mol. The summed E-state index contributed by atoms with van der Waals surface area (Å²) < 4.78 is 33.4. The number of rotatable bonds is 18. The molecule has 0 spiro atoms. The molecular weight excluding hydrogens is 648 g/mol. The SMILES string of the molecule is CCC(C)c1ccc(O)c(O)c1.CCOC(C)Oc1ccc(C(C)CC)cc1O.CCOC(C)Oc1ccc(C(C)CC)cc1OC(C)OCC. The van der Waals surface area contributed by atoms with E-state index in [1.807, 2.05) is 65.8 Å². The van der Waals surface area contributed by atoms with Gasteiger partial charge >= 0.3 is 0 Å². The maximum absolute atomic E-state index is 9.87. The second kappa shape index (κ2) is 24.5. The Morgan fingerprint density at radius 3 is 1.16 bits per heavy atom. The molecule has 6 atom stereocenters. The summed E-state index contributed by atoms with van der Waals surface area (Å²) in [6.07, 6.45) is 2.18. The lowest BCUT2D eigenvalue weighted by Crippen LogP contribution is -2.19. The first-order valence-electron chi connectivity index (χ1n) is 18.6. The summed E-state index contributed by atoms with van der Waals surface area (Å²) in [5.41, 5.74) is 3.42. The van der Waals surface area contributed by atoms with Gasteiger partial charge in [-0.05, 0) is 132 Å². The van der Waals surface area contributed by atoms with Crippen molar-refractivity contribution in [2.75, 3.05) is 19.8 Å². The van der Waals surface area contributed by atoms with Crippen molar-refractivity contribution in [3.05, 3.63) is 71.3 Å². The van der Waals surface area contributed by atoms with Crippen molar-refractivity contribution in [1.82, 2.24) is 0 Å². The fraction of sp³-hybridized carbons (Fsp3) is 0.571. The van der Waals surface area contributed by atoms with E-state index < -0.39 is 0 Å². The fourth-order valence-electron chi connectivity index (χ4n) is 4.86. The minimum Gasteiger partial charge on any atom is -0.504 e. The van der Waals surface area contributed by atoms with E-state index in [4.69, 9.17) is 33.5 Å². The molecule has 3 aromatic rings. The van der Waals surface area contributed by atoms with Crippen molar-refractivity contribution in [3.63, 3.8) is 0 Å². The van der Waals surface area contributed by atoms with Crippen LogP contribution < -0.4 is 14.2 Å². The summed E-state index contributed by atoms with van der Waals surface area (Å²) in [7, 11) is 0. The summed E-state index contributed by atoms with van der Waals surface area (Å²) in [5, 5.41) is 28.1. The molecule has 0 radical (unpaired) electrons. The Hall–Kier alpha value is -3.66. The minimum atomic E-state index is -0.347. The van der Waals surface area contributed by atoms with Crippen LogP contribution in [0.25, 0.3) is 0 Å². The van der Waals surface area contributed by atoms with Crippen LogP contribution in [0.1, 0.15) is 137 Å². The van der Waals surface area contributed by atoms with Gasteiger partial charge in [0.1, 0.15) is 0 Å². The van der Waals surface area contributed by atoms with Crippen molar-refractivity contribution >= 4 is 0 Å². The Morgan fingerprint density at radius 2 is 0.765 bits per heavy atom. The average Bonchev–Trinajstić information content (AvgIpc) is 3.10. The second-order valence-corrected chi connectivity index (χ2v) is 12.5. The molecule has 6 unspecified atom stereocenters. The highest BCUT2D eigenvalue weighted by Gasteiger charge is 2.16. The number of phenols is 3. The van der Waals surface area contributed by atoms with Gasteiger partial charge in [0.05, 0.1) is 0 Å². The van der Waals surface area contributed by atoms with E-state index in [0.29, 0.717) is 54.8 Å². The Morgan fingerprint density at radius 1 is 0.412 bits per heavy atom. The number of ether oxygens (including phenoxy) is 6. The predicted molar refractivity (Wildman–Crippen MR) is 206 cm³/mol. The lowest BCUT2D eigenvalue weighted by atomic mass is 9.98. The largest absolute Gasteiger partial charge is 0.504 e. The zero-order chi connectivity index (χ0) is 38.5. The standard InChI is InChI=1S/C18H30O4.C14H22O3.C10H14O2/c1-7-13(4)16-10-11-17(21-14(5)19-8-2)18(12-16)22-15(6)20-9-3;1-5-10(3)12-7-8-14(13(15)9-12)17-11(4)16-6-2;1-3-7(2)8-4-5-9(11)10(12)6-8/h10-15H,7-9H2,1-6H3;7-11,15H,5-6H2,1-4H3;4-7,11-12H,3H2,1-2H3. The van der Waals surface area contributed by atoms with Gasteiger partial charge in [-0.25, -0.2) is 0 Å². The van der Waals surface area contributed by atoms with Crippen LogP contribution in [0.15, 0.2) is 54.6 Å². The normalized spacial score (nSPS) is 14.4. The molecule has 0 saturated carbocycles. The van der Waals surface area contributed by atoms with Crippen LogP contribution in [0.2, 0.25) is 0 Å². The van der Waals surface area contributed by atoms with Gasteiger partial charge in [-0.15, -0.1) is 0 Å². The summed E-state index contributed by atoms with van der Waals surface area (Å²) in [6.45, 7) is 26.0. The van der Waals surface area contributed by atoms with Crippen LogP contribution in [0, 0.1) is 0 Å². The fourth-order valence-corrected chi connectivity index (χ4v) is 4.86. The van der Waals surface area contributed by atoms with Gasteiger partial charge in [-0.3, -0.25) is 0 Å². The number of phenolic OH excluding ortho intramolecular Hbond substituents is 3. The zero-order valence-corrected chi connectivity index (χ0v) is 33.2. The summed E-state index contributed by atoms with van der Waals surface area (Å²) in [6, 6.07) is 16.6. The van der Waals surface area contributed by atoms with E-state index in [-0.39, 0.29) is 36.1 Å². The third kappa shape index (κ3) is 16.5. The lowest BCUT2D eigenvalue weighted by molar-refractivity contribution is -0.0766.